The average molecular weight is 302 g/mol. The second-order valence-corrected chi connectivity index (χ2v) is 5.54. The Bertz CT molecular complexity index is 614. The van der Waals surface area contributed by atoms with Crippen LogP contribution in [0.3, 0.4) is 0 Å². The Morgan fingerprint density at radius 3 is 2.55 bits per heavy atom. The monoisotopic (exact) mass is 302 g/mol. The van der Waals surface area contributed by atoms with Crippen molar-refractivity contribution in [2.75, 3.05) is 23.7 Å². The van der Waals surface area contributed by atoms with Crippen LogP contribution >= 0.6 is 0 Å². The quantitative estimate of drug-likeness (QED) is 0.786. The van der Waals surface area contributed by atoms with Crippen molar-refractivity contribution in [3.63, 3.8) is 0 Å². The average Bonchev–Trinajstić information content (AvgIpc) is 2.77. The maximum atomic E-state index is 12.6. The number of amides is 4. The van der Waals surface area contributed by atoms with E-state index in [9.17, 15) is 14.4 Å². The second-order valence-electron chi connectivity index (χ2n) is 5.54. The molecular weight excluding hydrogens is 284 g/mol. The maximum Gasteiger partial charge on any atom is 0.324 e. The molecule has 22 heavy (non-hydrogen) atoms. The van der Waals surface area contributed by atoms with Crippen LogP contribution in [0.15, 0.2) is 24.3 Å². The van der Waals surface area contributed by atoms with Crippen LogP contribution in [-0.4, -0.2) is 41.9 Å². The number of nitrogens with two attached hydrogens (primary N) is 1. The van der Waals surface area contributed by atoms with Crippen molar-refractivity contribution in [2.24, 2.45) is 0 Å². The molecule has 1 aromatic carbocycles. The molecule has 2 aliphatic heterocycles. The number of hydrogen-bond acceptors (Lipinski definition) is 4. The fourth-order valence-corrected chi connectivity index (χ4v) is 2.93. The Morgan fingerprint density at radius 1 is 1.09 bits per heavy atom. The van der Waals surface area contributed by atoms with Crippen molar-refractivity contribution in [1.29, 1.82) is 0 Å². The molecule has 0 bridgehead atoms. The third kappa shape index (κ3) is 2.61. The molecule has 1 aromatic rings. The van der Waals surface area contributed by atoms with Gasteiger partial charge in [-0.25, -0.2) is 4.79 Å². The summed E-state index contributed by atoms with van der Waals surface area (Å²) in [6, 6.07) is 6.09. The van der Waals surface area contributed by atoms with E-state index in [1.165, 1.54) is 4.90 Å². The van der Waals surface area contributed by atoms with E-state index >= 15 is 0 Å². The molecule has 0 spiro atoms. The lowest BCUT2D eigenvalue weighted by molar-refractivity contribution is -0.121. The molecule has 0 aliphatic carbocycles. The third-order valence-corrected chi connectivity index (χ3v) is 4.07. The fourth-order valence-electron chi connectivity index (χ4n) is 2.93. The zero-order valence-corrected chi connectivity index (χ0v) is 12.1. The van der Waals surface area contributed by atoms with E-state index in [0.29, 0.717) is 38.0 Å². The molecule has 2 fully saturated rings. The molecule has 2 saturated heterocycles. The summed E-state index contributed by atoms with van der Waals surface area (Å²) in [7, 11) is 0. The summed E-state index contributed by atoms with van der Waals surface area (Å²) < 4.78 is 0. The number of benzene rings is 1. The predicted octanol–water partition coefficient (Wildman–Crippen LogP) is 0.706. The smallest absolute Gasteiger partial charge is 0.324 e. The van der Waals surface area contributed by atoms with E-state index in [4.69, 9.17) is 5.73 Å². The van der Waals surface area contributed by atoms with E-state index in [1.807, 2.05) is 0 Å². The number of imide groups is 1. The van der Waals surface area contributed by atoms with Crippen LogP contribution in [0.4, 0.5) is 16.2 Å². The lowest BCUT2D eigenvalue weighted by atomic mass is 10.2. The van der Waals surface area contributed by atoms with E-state index < -0.39 is 12.1 Å². The standard InChI is InChI=1S/C15H18N4O3/c16-10-3-5-11(6-4-10)18-9-7-12(14(18)21)19-8-1-2-13(20)17-15(19)22/h3-6,12H,1-2,7-9,16H2,(H,17,20,22). The zero-order valence-electron chi connectivity index (χ0n) is 12.1. The lowest BCUT2D eigenvalue weighted by Gasteiger charge is -2.26. The van der Waals surface area contributed by atoms with Gasteiger partial charge in [0.05, 0.1) is 0 Å². The van der Waals surface area contributed by atoms with Gasteiger partial charge in [-0.2, -0.15) is 0 Å². The van der Waals surface area contributed by atoms with Crippen molar-refractivity contribution in [3.8, 4) is 0 Å². The van der Waals surface area contributed by atoms with E-state index in [0.717, 1.165) is 5.69 Å². The number of rotatable bonds is 2. The molecule has 3 rings (SSSR count). The molecule has 0 radical (unpaired) electrons. The molecule has 1 unspecified atom stereocenters. The Labute approximate surface area is 128 Å². The van der Waals surface area contributed by atoms with Crippen molar-refractivity contribution < 1.29 is 14.4 Å². The van der Waals surface area contributed by atoms with Crippen LogP contribution in [0.5, 0.6) is 0 Å². The highest BCUT2D eigenvalue weighted by Gasteiger charge is 2.39. The molecule has 3 N–H and O–H groups in total. The largest absolute Gasteiger partial charge is 0.399 e. The summed E-state index contributed by atoms with van der Waals surface area (Å²) in [5.41, 5.74) is 7.06. The van der Waals surface area contributed by atoms with E-state index in [-0.39, 0.29) is 11.8 Å². The van der Waals surface area contributed by atoms with Gasteiger partial charge in [0.25, 0.3) is 0 Å². The summed E-state index contributed by atoms with van der Waals surface area (Å²) in [6.07, 6.45) is 1.44. The van der Waals surface area contributed by atoms with Crippen molar-refractivity contribution in [2.45, 2.75) is 25.3 Å². The van der Waals surface area contributed by atoms with Gasteiger partial charge in [0.15, 0.2) is 0 Å². The fraction of sp³-hybridized carbons (Fsp3) is 0.400. The van der Waals surface area contributed by atoms with Crippen molar-refractivity contribution >= 4 is 29.2 Å². The minimum atomic E-state index is -0.511. The first kappa shape index (κ1) is 14.4. The summed E-state index contributed by atoms with van der Waals surface area (Å²) >= 11 is 0. The first-order chi connectivity index (χ1) is 10.6. The molecule has 1 atom stereocenters. The molecular formula is C15H18N4O3. The maximum absolute atomic E-state index is 12.6. The highest BCUT2D eigenvalue weighted by molar-refractivity contribution is 6.03. The van der Waals surface area contributed by atoms with Crippen molar-refractivity contribution in [3.05, 3.63) is 24.3 Å². The number of anilines is 2. The minimum Gasteiger partial charge on any atom is -0.399 e. The Morgan fingerprint density at radius 2 is 1.82 bits per heavy atom. The van der Waals surface area contributed by atoms with Crippen LogP contribution < -0.4 is 16.0 Å². The second kappa shape index (κ2) is 5.67. The summed E-state index contributed by atoms with van der Waals surface area (Å²) in [5, 5.41) is 2.31. The summed E-state index contributed by atoms with van der Waals surface area (Å²) in [5.74, 6) is -0.400. The number of nitrogens with one attached hydrogen (secondary N) is 1. The molecule has 2 aliphatic rings. The Balaban J connectivity index is 1.77. The first-order valence-electron chi connectivity index (χ1n) is 7.33. The van der Waals surface area contributed by atoms with Gasteiger partial charge < -0.3 is 15.5 Å². The highest BCUT2D eigenvalue weighted by atomic mass is 16.2. The molecule has 0 aromatic heterocycles. The van der Waals surface area contributed by atoms with Gasteiger partial charge in [-0.3, -0.25) is 14.9 Å². The Hall–Kier alpha value is -2.57. The number of nitrogen functional groups attached to an aromatic ring is 1. The van der Waals surface area contributed by atoms with Gasteiger partial charge in [0.2, 0.25) is 11.8 Å². The highest BCUT2D eigenvalue weighted by Crippen LogP contribution is 2.26. The molecule has 7 nitrogen and oxygen atoms in total. The number of carbonyl (C=O) groups is 3. The van der Waals surface area contributed by atoms with E-state index in [1.54, 1.807) is 29.2 Å². The van der Waals surface area contributed by atoms with Gasteiger partial charge in [-0.05, 0) is 37.1 Å². The van der Waals surface area contributed by atoms with Crippen LogP contribution in [-0.2, 0) is 9.59 Å². The lowest BCUT2D eigenvalue weighted by Crippen LogP contribution is -2.49. The summed E-state index contributed by atoms with van der Waals surface area (Å²) in [6.45, 7) is 0.967. The van der Waals surface area contributed by atoms with Crippen LogP contribution in [0.1, 0.15) is 19.3 Å². The Kier molecular flexibility index (Phi) is 3.70. The molecule has 0 saturated carbocycles. The van der Waals surface area contributed by atoms with Gasteiger partial charge in [-0.1, -0.05) is 0 Å². The SMILES string of the molecule is Nc1ccc(N2CCC(N3CCCC(=O)NC3=O)C2=O)cc1. The number of nitrogens with zero attached hydrogens (tertiary/aromatic N) is 2. The molecule has 116 valence electrons. The zero-order chi connectivity index (χ0) is 15.7. The van der Waals surface area contributed by atoms with E-state index in [2.05, 4.69) is 5.32 Å². The van der Waals surface area contributed by atoms with Crippen LogP contribution in [0.2, 0.25) is 0 Å². The van der Waals surface area contributed by atoms with Crippen LogP contribution in [0.25, 0.3) is 0 Å². The molecule has 2 heterocycles. The van der Waals surface area contributed by atoms with Gasteiger partial charge in [-0.15, -0.1) is 0 Å². The minimum absolute atomic E-state index is 0.116. The number of carbonyl (C=O) groups excluding carboxylic acids is 3. The summed E-state index contributed by atoms with van der Waals surface area (Å²) in [4.78, 5) is 39.2. The molecule has 7 heteroatoms. The molecule has 4 amide bonds. The van der Waals surface area contributed by atoms with Gasteiger partial charge >= 0.3 is 6.03 Å². The third-order valence-electron chi connectivity index (χ3n) is 4.07. The number of urea groups is 1. The van der Waals surface area contributed by atoms with Gasteiger partial charge in [0.1, 0.15) is 6.04 Å². The van der Waals surface area contributed by atoms with Crippen LogP contribution in [0, 0.1) is 0 Å². The first-order valence-corrected chi connectivity index (χ1v) is 7.33. The van der Waals surface area contributed by atoms with Crippen molar-refractivity contribution in [1.82, 2.24) is 10.2 Å². The number of hydrogen-bond donors (Lipinski definition) is 2. The topological polar surface area (TPSA) is 95.7 Å². The van der Waals surface area contributed by atoms with Gasteiger partial charge in [0, 0.05) is 30.9 Å². The predicted molar refractivity (Wildman–Crippen MR) is 81.1 cm³/mol. The normalized spacial score (nSPS) is 22.7.